The maximum Gasteiger partial charge on any atom is 0.157 e. The van der Waals surface area contributed by atoms with Crippen LogP contribution in [0.25, 0.3) is 22.6 Å². The molecule has 2 aromatic heterocycles. The van der Waals surface area contributed by atoms with Crippen LogP contribution in [0.5, 0.6) is 0 Å². The van der Waals surface area contributed by atoms with Gasteiger partial charge in [0.05, 0.1) is 5.52 Å². The number of hydrogen-bond acceptors (Lipinski definition) is 3. The van der Waals surface area contributed by atoms with E-state index in [2.05, 4.69) is 15.0 Å². The molecule has 5 heteroatoms. The van der Waals surface area contributed by atoms with Crippen LogP contribution in [-0.2, 0) is 6.54 Å². The van der Waals surface area contributed by atoms with E-state index < -0.39 is 0 Å². The van der Waals surface area contributed by atoms with E-state index in [4.69, 9.17) is 5.73 Å². The first kappa shape index (κ1) is 10.9. The summed E-state index contributed by atoms with van der Waals surface area (Å²) in [5, 5.41) is 0. The second kappa shape index (κ2) is 4.19. The minimum absolute atomic E-state index is 0.331. The van der Waals surface area contributed by atoms with Crippen LogP contribution in [0.15, 0.2) is 36.5 Å². The normalized spacial score (nSPS) is 11.0. The average Bonchev–Trinajstić information content (AvgIpc) is 2.84. The molecule has 90 valence electrons. The van der Waals surface area contributed by atoms with Crippen LogP contribution >= 0.6 is 0 Å². The van der Waals surface area contributed by atoms with Gasteiger partial charge in [-0.1, -0.05) is 12.1 Å². The fourth-order valence-corrected chi connectivity index (χ4v) is 1.80. The Morgan fingerprint density at radius 3 is 2.78 bits per heavy atom. The summed E-state index contributed by atoms with van der Waals surface area (Å²) in [6.07, 6.45) is 1.69. The summed E-state index contributed by atoms with van der Waals surface area (Å²) >= 11 is 0. The first-order valence-electron chi connectivity index (χ1n) is 5.57. The van der Waals surface area contributed by atoms with Crippen molar-refractivity contribution < 1.29 is 4.39 Å². The zero-order chi connectivity index (χ0) is 12.5. The first-order valence-corrected chi connectivity index (χ1v) is 5.57. The lowest BCUT2D eigenvalue weighted by atomic mass is 10.2. The molecule has 4 nitrogen and oxygen atoms in total. The molecule has 3 N–H and O–H groups in total. The maximum atomic E-state index is 13.5. The number of pyridine rings is 1. The van der Waals surface area contributed by atoms with Crippen LogP contribution in [0, 0.1) is 5.82 Å². The van der Waals surface area contributed by atoms with Gasteiger partial charge in [-0.15, -0.1) is 0 Å². The van der Waals surface area contributed by atoms with Crippen molar-refractivity contribution in [3.63, 3.8) is 0 Å². The SMILES string of the molecule is NCc1ccc(-c2nc3c(F)cccc3[nH]2)nc1. The molecule has 0 saturated carbocycles. The van der Waals surface area contributed by atoms with E-state index in [0.717, 1.165) is 5.56 Å². The third-order valence-electron chi connectivity index (χ3n) is 2.77. The zero-order valence-corrected chi connectivity index (χ0v) is 9.52. The van der Waals surface area contributed by atoms with Crippen molar-refractivity contribution in [3.05, 3.63) is 47.9 Å². The van der Waals surface area contributed by atoms with E-state index >= 15 is 0 Å². The van der Waals surface area contributed by atoms with Gasteiger partial charge in [0.2, 0.25) is 0 Å². The molecule has 0 spiro atoms. The lowest BCUT2D eigenvalue weighted by Gasteiger charge is -1.97. The van der Waals surface area contributed by atoms with Crippen LogP contribution in [-0.4, -0.2) is 15.0 Å². The Morgan fingerprint density at radius 2 is 2.11 bits per heavy atom. The summed E-state index contributed by atoms with van der Waals surface area (Å²) in [6, 6.07) is 8.51. The Bertz CT molecular complexity index is 688. The summed E-state index contributed by atoms with van der Waals surface area (Å²) in [7, 11) is 0. The number of para-hydroxylation sites is 1. The number of fused-ring (bicyclic) bond motifs is 1. The van der Waals surface area contributed by atoms with Crippen LogP contribution in [0.2, 0.25) is 0 Å². The molecule has 2 heterocycles. The standard InChI is InChI=1S/C13H11FN4/c14-9-2-1-3-10-12(9)18-13(17-10)11-5-4-8(6-15)7-16-11/h1-5,7H,6,15H2,(H,17,18). The molecule has 0 unspecified atom stereocenters. The van der Waals surface area contributed by atoms with Gasteiger partial charge in [-0.2, -0.15) is 0 Å². The Labute approximate surface area is 103 Å². The monoisotopic (exact) mass is 242 g/mol. The summed E-state index contributed by atoms with van der Waals surface area (Å²) < 4.78 is 13.5. The second-order valence-corrected chi connectivity index (χ2v) is 3.98. The summed E-state index contributed by atoms with van der Waals surface area (Å²) in [5.41, 5.74) is 8.11. The molecule has 0 amide bonds. The minimum atomic E-state index is -0.339. The third kappa shape index (κ3) is 1.74. The van der Waals surface area contributed by atoms with Crippen LogP contribution in [0.1, 0.15) is 5.56 Å². The number of hydrogen-bond donors (Lipinski definition) is 2. The molecule has 0 saturated heterocycles. The van der Waals surface area contributed by atoms with Crippen molar-refractivity contribution in [2.45, 2.75) is 6.54 Å². The molecule has 0 bridgehead atoms. The fourth-order valence-electron chi connectivity index (χ4n) is 1.80. The number of rotatable bonds is 2. The number of aromatic amines is 1. The van der Waals surface area contributed by atoms with Gasteiger partial charge in [0.15, 0.2) is 11.6 Å². The molecular weight excluding hydrogens is 231 g/mol. The van der Waals surface area contributed by atoms with Crippen molar-refractivity contribution in [1.29, 1.82) is 0 Å². The zero-order valence-electron chi connectivity index (χ0n) is 9.52. The predicted molar refractivity (Wildman–Crippen MR) is 67.2 cm³/mol. The van der Waals surface area contributed by atoms with E-state index in [1.165, 1.54) is 6.07 Å². The van der Waals surface area contributed by atoms with Crippen molar-refractivity contribution in [1.82, 2.24) is 15.0 Å². The molecule has 3 rings (SSSR count). The predicted octanol–water partition coefficient (Wildman–Crippen LogP) is 2.22. The molecular formula is C13H11FN4. The van der Waals surface area contributed by atoms with Crippen molar-refractivity contribution in [2.24, 2.45) is 5.73 Å². The van der Waals surface area contributed by atoms with Gasteiger partial charge >= 0.3 is 0 Å². The van der Waals surface area contributed by atoms with E-state index in [-0.39, 0.29) is 5.82 Å². The van der Waals surface area contributed by atoms with Crippen LogP contribution < -0.4 is 5.73 Å². The number of nitrogens with two attached hydrogens (primary N) is 1. The average molecular weight is 242 g/mol. The van der Waals surface area contributed by atoms with Gasteiger partial charge in [-0.25, -0.2) is 9.37 Å². The summed E-state index contributed by atoms with van der Waals surface area (Å²) in [6.45, 7) is 0.446. The molecule has 0 radical (unpaired) electrons. The Hall–Kier alpha value is -2.27. The van der Waals surface area contributed by atoms with Crippen molar-refractivity contribution in [3.8, 4) is 11.5 Å². The highest BCUT2D eigenvalue weighted by Crippen LogP contribution is 2.20. The van der Waals surface area contributed by atoms with Crippen molar-refractivity contribution in [2.75, 3.05) is 0 Å². The highest BCUT2D eigenvalue weighted by Gasteiger charge is 2.09. The largest absolute Gasteiger partial charge is 0.337 e. The van der Waals surface area contributed by atoms with Gasteiger partial charge in [0.1, 0.15) is 11.2 Å². The lowest BCUT2D eigenvalue weighted by molar-refractivity contribution is 0.637. The quantitative estimate of drug-likeness (QED) is 0.724. The van der Waals surface area contributed by atoms with Gasteiger partial charge < -0.3 is 10.7 Å². The van der Waals surface area contributed by atoms with E-state index in [1.54, 1.807) is 18.3 Å². The number of imidazole rings is 1. The van der Waals surface area contributed by atoms with Gasteiger partial charge in [-0.3, -0.25) is 4.98 Å². The topological polar surface area (TPSA) is 67.6 Å². The molecule has 18 heavy (non-hydrogen) atoms. The summed E-state index contributed by atoms with van der Waals surface area (Å²) in [4.78, 5) is 11.5. The first-order chi connectivity index (χ1) is 8.78. The van der Waals surface area contributed by atoms with Crippen LogP contribution in [0.4, 0.5) is 4.39 Å². The van der Waals surface area contributed by atoms with E-state index in [0.29, 0.717) is 29.1 Å². The number of nitrogens with one attached hydrogen (secondary N) is 1. The maximum absolute atomic E-state index is 13.5. The van der Waals surface area contributed by atoms with Crippen molar-refractivity contribution >= 4 is 11.0 Å². The fraction of sp³-hybridized carbons (Fsp3) is 0.0769. The third-order valence-corrected chi connectivity index (χ3v) is 2.77. The van der Waals surface area contributed by atoms with Gasteiger partial charge in [0, 0.05) is 12.7 Å². The molecule has 1 aromatic carbocycles. The van der Waals surface area contributed by atoms with Gasteiger partial charge in [0.25, 0.3) is 0 Å². The molecule has 0 aliphatic carbocycles. The second-order valence-electron chi connectivity index (χ2n) is 3.98. The number of benzene rings is 1. The number of aromatic nitrogens is 3. The number of halogens is 1. The highest BCUT2D eigenvalue weighted by molar-refractivity contribution is 5.79. The van der Waals surface area contributed by atoms with Crippen LogP contribution in [0.3, 0.4) is 0 Å². The Balaban J connectivity index is 2.10. The summed E-state index contributed by atoms with van der Waals surface area (Å²) in [5.74, 6) is 0.215. The molecule has 3 aromatic rings. The molecule has 0 aliphatic heterocycles. The highest BCUT2D eigenvalue weighted by atomic mass is 19.1. The number of H-pyrrole nitrogens is 1. The Kier molecular flexibility index (Phi) is 2.53. The minimum Gasteiger partial charge on any atom is -0.337 e. The van der Waals surface area contributed by atoms with E-state index in [9.17, 15) is 4.39 Å². The lowest BCUT2D eigenvalue weighted by Crippen LogP contribution is -1.97. The van der Waals surface area contributed by atoms with Gasteiger partial charge in [-0.05, 0) is 23.8 Å². The smallest absolute Gasteiger partial charge is 0.157 e. The molecule has 0 atom stereocenters. The molecule has 0 aliphatic rings. The van der Waals surface area contributed by atoms with E-state index in [1.807, 2.05) is 12.1 Å². The number of nitrogens with zero attached hydrogens (tertiary/aromatic N) is 2. The Morgan fingerprint density at radius 1 is 1.22 bits per heavy atom. The molecule has 0 fully saturated rings.